The summed E-state index contributed by atoms with van der Waals surface area (Å²) in [7, 11) is 1.30. The van der Waals surface area contributed by atoms with Crippen LogP contribution in [-0.4, -0.2) is 35.8 Å². The fourth-order valence-electron chi connectivity index (χ4n) is 2.18. The Kier molecular flexibility index (Phi) is 5.34. The Morgan fingerprint density at radius 2 is 2.08 bits per heavy atom. The number of nitrogens with zero attached hydrogens (tertiary/aromatic N) is 4. The van der Waals surface area contributed by atoms with Gasteiger partial charge in [-0.25, -0.2) is 9.67 Å². The average molecular weight is 365 g/mol. The van der Waals surface area contributed by atoms with Crippen LogP contribution in [0.5, 0.6) is 0 Å². The third kappa shape index (κ3) is 3.68. The first-order valence-electron chi connectivity index (χ1n) is 7.22. The van der Waals surface area contributed by atoms with Crippen molar-refractivity contribution >= 4 is 24.7 Å². The van der Waals surface area contributed by atoms with E-state index in [1.165, 1.54) is 26.1 Å². The lowest BCUT2D eigenvalue weighted by atomic mass is 10.2. The highest BCUT2D eigenvalue weighted by Gasteiger charge is 2.31. The van der Waals surface area contributed by atoms with Gasteiger partial charge < -0.3 is 5.32 Å². The smallest absolute Gasteiger partial charge is 0.354 e. The molecule has 0 aliphatic carbocycles. The molecule has 26 heavy (non-hydrogen) atoms. The molecule has 0 bridgehead atoms. The third-order valence-corrected chi connectivity index (χ3v) is 3.42. The van der Waals surface area contributed by atoms with Gasteiger partial charge in [0.2, 0.25) is 5.43 Å². The van der Waals surface area contributed by atoms with E-state index in [2.05, 4.69) is 27.1 Å². The van der Waals surface area contributed by atoms with E-state index in [1.807, 2.05) is 0 Å². The van der Waals surface area contributed by atoms with Crippen LogP contribution in [0, 0.1) is 6.92 Å². The normalized spacial score (nSPS) is 11.6. The number of aromatic nitrogens is 2. The molecular weight excluding hydrogens is 351 g/mol. The number of amides is 1. The van der Waals surface area contributed by atoms with Crippen molar-refractivity contribution in [3.8, 4) is 5.69 Å². The summed E-state index contributed by atoms with van der Waals surface area (Å²) in [5.41, 5.74) is -2.19. The van der Waals surface area contributed by atoms with E-state index >= 15 is 0 Å². The molecule has 7 nitrogen and oxygen atoms in total. The molecule has 0 aliphatic heterocycles. The molecule has 0 atom stereocenters. The summed E-state index contributed by atoms with van der Waals surface area (Å²) in [6.07, 6.45) is -3.56. The number of rotatable bonds is 4. The molecule has 1 amide bonds. The van der Waals surface area contributed by atoms with Gasteiger partial charge in [-0.05, 0) is 31.8 Å². The van der Waals surface area contributed by atoms with Gasteiger partial charge in [0.1, 0.15) is 12.0 Å². The molecule has 10 heteroatoms. The van der Waals surface area contributed by atoms with Crippen molar-refractivity contribution in [1.29, 1.82) is 0 Å². The average Bonchev–Trinajstić information content (AvgIpc) is 2.60. The number of halogens is 3. The molecule has 0 fully saturated rings. The van der Waals surface area contributed by atoms with Crippen LogP contribution in [0.3, 0.4) is 0 Å². The second-order valence-electron chi connectivity index (χ2n) is 5.08. The molecule has 1 N–H and O–H groups in total. The van der Waals surface area contributed by atoms with E-state index in [-0.39, 0.29) is 17.1 Å². The zero-order valence-corrected chi connectivity index (χ0v) is 13.8. The molecule has 0 saturated heterocycles. The van der Waals surface area contributed by atoms with E-state index < -0.39 is 28.8 Å². The molecule has 0 spiro atoms. The van der Waals surface area contributed by atoms with Gasteiger partial charge in [0.25, 0.3) is 5.91 Å². The number of nitrogens with one attached hydrogen (secondary N) is 1. The molecule has 0 unspecified atom stereocenters. The summed E-state index contributed by atoms with van der Waals surface area (Å²) in [4.78, 5) is 31.6. The monoisotopic (exact) mass is 365 g/mol. The number of carbonyl (C=O) groups is 1. The van der Waals surface area contributed by atoms with E-state index in [9.17, 15) is 22.8 Å². The minimum absolute atomic E-state index is 0.0190. The SMILES string of the molecule is C=NC=Nc1c(C)n(-c2cccc(C(F)(F)F)c2)nc(C(=O)NC)c1=O. The maximum atomic E-state index is 13.0. The molecule has 1 aromatic carbocycles. The molecule has 1 aromatic heterocycles. The Morgan fingerprint density at radius 1 is 1.38 bits per heavy atom. The van der Waals surface area contributed by atoms with Crippen molar-refractivity contribution in [3.63, 3.8) is 0 Å². The molecule has 2 aromatic rings. The molecule has 1 heterocycles. The Balaban J connectivity index is 2.80. The number of carbonyl (C=O) groups excluding carboxylic acids is 1. The van der Waals surface area contributed by atoms with Crippen molar-refractivity contribution in [2.24, 2.45) is 9.98 Å². The molecule has 0 aliphatic rings. The molecular formula is C16H14F3N5O2. The van der Waals surface area contributed by atoms with Gasteiger partial charge in [-0.1, -0.05) is 6.07 Å². The van der Waals surface area contributed by atoms with Gasteiger partial charge in [-0.2, -0.15) is 18.3 Å². The maximum Gasteiger partial charge on any atom is 0.416 e. The summed E-state index contributed by atoms with van der Waals surface area (Å²) in [6.45, 7) is 4.64. The summed E-state index contributed by atoms with van der Waals surface area (Å²) in [5, 5.41) is 6.17. The lowest BCUT2D eigenvalue weighted by Crippen LogP contribution is -2.30. The van der Waals surface area contributed by atoms with Crippen LogP contribution >= 0.6 is 0 Å². The Bertz CT molecular complexity index is 948. The van der Waals surface area contributed by atoms with Crippen LogP contribution in [0.15, 0.2) is 39.0 Å². The van der Waals surface area contributed by atoms with Gasteiger partial charge in [-0.15, -0.1) is 0 Å². The van der Waals surface area contributed by atoms with Crippen molar-refractivity contribution in [1.82, 2.24) is 15.1 Å². The van der Waals surface area contributed by atoms with Gasteiger partial charge in [0.15, 0.2) is 5.69 Å². The first-order chi connectivity index (χ1) is 12.2. The summed E-state index contributed by atoms with van der Waals surface area (Å²) >= 11 is 0. The molecule has 2 rings (SSSR count). The van der Waals surface area contributed by atoms with Crippen LogP contribution in [0.2, 0.25) is 0 Å². The summed E-state index contributed by atoms with van der Waals surface area (Å²) in [6, 6.07) is 4.33. The Labute approximate surface area is 145 Å². The summed E-state index contributed by atoms with van der Waals surface area (Å²) < 4.78 is 40.0. The minimum atomic E-state index is -4.56. The highest BCUT2D eigenvalue weighted by molar-refractivity contribution is 5.92. The number of aliphatic imine (C=N–C) groups is 2. The van der Waals surface area contributed by atoms with Crippen LogP contribution in [0.25, 0.3) is 5.69 Å². The highest BCUT2D eigenvalue weighted by Crippen LogP contribution is 2.30. The van der Waals surface area contributed by atoms with Gasteiger partial charge in [0.05, 0.1) is 16.9 Å². The maximum absolute atomic E-state index is 13.0. The Hall–Kier alpha value is -3.30. The number of benzene rings is 1. The predicted molar refractivity (Wildman–Crippen MR) is 90.7 cm³/mol. The molecule has 0 radical (unpaired) electrons. The summed E-state index contributed by atoms with van der Waals surface area (Å²) in [5.74, 6) is -0.793. The fourth-order valence-corrected chi connectivity index (χ4v) is 2.18. The molecule has 0 saturated carbocycles. The second kappa shape index (κ2) is 7.30. The topological polar surface area (TPSA) is 88.7 Å². The van der Waals surface area contributed by atoms with Crippen molar-refractivity contribution in [2.75, 3.05) is 7.05 Å². The number of alkyl halides is 3. The lowest BCUT2D eigenvalue weighted by molar-refractivity contribution is -0.137. The van der Waals surface area contributed by atoms with E-state index in [0.717, 1.165) is 23.2 Å². The largest absolute Gasteiger partial charge is 0.416 e. The van der Waals surface area contributed by atoms with Crippen LogP contribution in [0.4, 0.5) is 18.9 Å². The van der Waals surface area contributed by atoms with Gasteiger partial charge in [-0.3, -0.25) is 14.6 Å². The zero-order valence-electron chi connectivity index (χ0n) is 13.8. The first-order valence-corrected chi connectivity index (χ1v) is 7.22. The van der Waals surface area contributed by atoms with Crippen LogP contribution < -0.4 is 10.7 Å². The quantitative estimate of drug-likeness (QED) is 0.666. The minimum Gasteiger partial charge on any atom is -0.354 e. The first kappa shape index (κ1) is 19.0. The van der Waals surface area contributed by atoms with Crippen molar-refractivity contribution in [3.05, 3.63) is 51.4 Å². The predicted octanol–water partition coefficient (Wildman–Crippen LogP) is 2.28. The van der Waals surface area contributed by atoms with Crippen LogP contribution in [-0.2, 0) is 6.18 Å². The van der Waals surface area contributed by atoms with Crippen molar-refractivity contribution in [2.45, 2.75) is 13.1 Å². The zero-order chi connectivity index (χ0) is 19.5. The van der Waals surface area contributed by atoms with Crippen molar-refractivity contribution < 1.29 is 18.0 Å². The standard InChI is InChI=1S/C16H14F3N5O2/c1-9-12(22-8-20-2)14(25)13(15(26)21-3)23-24(9)11-6-4-5-10(7-11)16(17,18)19/h4-8H,2H2,1,3H3,(H,21,26). The second-order valence-corrected chi connectivity index (χ2v) is 5.08. The lowest BCUT2D eigenvalue weighted by Gasteiger charge is -2.15. The fraction of sp³-hybridized carbons (Fsp3) is 0.188. The van der Waals surface area contributed by atoms with Gasteiger partial charge in [0, 0.05) is 7.05 Å². The van der Waals surface area contributed by atoms with E-state index in [0.29, 0.717) is 0 Å². The Morgan fingerprint density at radius 3 is 2.65 bits per heavy atom. The third-order valence-electron chi connectivity index (χ3n) is 3.42. The number of hydrogen-bond acceptors (Lipinski definition) is 4. The molecule has 136 valence electrons. The van der Waals surface area contributed by atoms with Crippen LogP contribution in [0.1, 0.15) is 21.7 Å². The highest BCUT2D eigenvalue weighted by atomic mass is 19.4. The van der Waals surface area contributed by atoms with E-state index in [4.69, 9.17) is 0 Å². The number of hydrogen-bond donors (Lipinski definition) is 1. The van der Waals surface area contributed by atoms with Gasteiger partial charge >= 0.3 is 6.18 Å². The van der Waals surface area contributed by atoms with E-state index in [1.54, 1.807) is 0 Å².